The molecule has 1 aliphatic rings. The molecule has 128 valence electrons. The van der Waals surface area contributed by atoms with E-state index in [1.54, 1.807) is 19.2 Å². The van der Waals surface area contributed by atoms with E-state index in [1.807, 2.05) is 19.2 Å². The number of carbonyl (C=O) groups is 1. The van der Waals surface area contributed by atoms with Crippen LogP contribution < -0.4 is 14.8 Å². The van der Waals surface area contributed by atoms with Crippen molar-refractivity contribution < 1.29 is 14.3 Å². The summed E-state index contributed by atoms with van der Waals surface area (Å²) in [5.74, 6) is 1.89. The van der Waals surface area contributed by atoms with Gasteiger partial charge in [0.05, 0.1) is 19.3 Å². The lowest BCUT2D eigenvalue weighted by Crippen LogP contribution is -2.29. The minimum atomic E-state index is -0.179. The van der Waals surface area contributed by atoms with Gasteiger partial charge in [0.2, 0.25) is 0 Å². The van der Waals surface area contributed by atoms with Crippen LogP contribution in [0.25, 0.3) is 0 Å². The van der Waals surface area contributed by atoms with Crippen LogP contribution in [0.15, 0.2) is 24.3 Å². The van der Waals surface area contributed by atoms with Gasteiger partial charge in [0, 0.05) is 12.7 Å². The predicted octanol–water partition coefficient (Wildman–Crippen LogP) is 2.00. The summed E-state index contributed by atoms with van der Waals surface area (Å²) in [6.45, 7) is 0.363. The number of methoxy groups -OCH3 is 1. The second kappa shape index (κ2) is 7.38. The molecule has 0 fully saturated rings. The van der Waals surface area contributed by atoms with Crippen molar-refractivity contribution in [1.82, 2.24) is 14.9 Å². The smallest absolute Gasteiger partial charge is 0.258 e. The van der Waals surface area contributed by atoms with Crippen LogP contribution in [-0.4, -0.2) is 29.2 Å². The molecule has 3 rings (SSSR count). The molecule has 0 atom stereocenters. The number of benzene rings is 1. The fraction of sp³-hybridized carbons (Fsp3) is 0.444. The van der Waals surface area contributed by atoms with E-state index in [2.05, 4.69) is 14.9 Å². The Bertz CT molecular complexity index is 724. The summed E-state index contributed by atoms with van der Waals surface area (Å²) < 4.78 is 12.8. The van der Waals surface area contributed by atoms with E-state index in [-0.39, 0.29) is 12.5 Å². The Morgan fingerprint density at radius 2 is 2.00 bits per heavy atom. The lowest BCUT2D eigenvalue weighted by Gasteiger charge is -2.12. The minimum Gasteiger partial charge on any atom is -0.493 e. The summed E-state index contributed by atoms with van der Waals surface area (Å²) in [6.07, 6.45) is 4.52. The molecule has 0 radical (unpaired) electrons. The molecule has 0 saturated heterocycles. The monoisotopic (exact) mass is 329 g/mol. The molecule has 1 amide bonds. The third kappa shape index (κ3) is 3.53. The molecule has 1 aromatic heterocycles. The molecule has 2 aromatic rings. The molecule has 0 saturated carbocycles. The topological polar surface area (TPSA) is 65.4 Å². The van der Waals surface area contributed by atoms with Gasteiger partial charge in [0.25, 0.3) is 5.91 Å². The van der Waals surface area contributed by atoms with Gasteiger partial charge in [-0.05, 0) is 37.8 Å². The molecule has 0 aliphatic heterocycles. The summed E-state index contributed by atoms with van der Waals surface area (Å²) >= 11 is 0. The Balaban J connectivity index is 1.54. The van der Waals surface area contributed by atoms with Gasteiger partial charge in [0.15, 0.2) is 18.1 Å². The Kier molecular flexibility index (Phi) is 5.03. The molecule has 0 bridgehead atoms. The van der Waals surface area contributed by atoms with Crippen LogP contribution >= 0.6 is 0 Å². The van der Waals surface area contributed by atoms with Crippen LogP contribution in [0.4, 0.5) is 0 Å². The van der Waals surface area contributed by atoms with Gasteiger partial charge < -0.3 is 19.4 Å². The number of hydrogen-bond donors (Lipinski definition) is 1. The van der Waals surface area contributed by atoms with Gasteiger partial charge in [-0.15, -0.1) is 0 Å². The summed E-state index contributed by atoms with van der Waals surface area (Å²) in [7, 11) is 3.59. The molecule has 6 nitrogen and oxygen atoms in total. The number of para-hydroxylation sites is 2. The molecule has 6 heteroatoms. The number of aryl methyl sites for hydroxylation is 1. The number of rotatable bonds is 6. The molecule has 1 aliphatic carbocycles. The molecule has 1 heterocycles. The Morgan fingerprint density at radius 3 is 2.75 bits per heavy atom. The van der Waals surface area contributed by atoms with Gasteiger partial charge in [0.1, 0.15) is 5.82 Å². The third-order valence-electron chi connectivity index (χ3n) is 4.34. The van der Waals surface area contributed by atoms with Crippen molar-refractivity contribution in [2.24, 2.45) is 7.05 Å². The van der Waals surface area contributed by atoms with E-state index in [9.17, 15) is 4.79 Å². The van der Waals surface area contributed by atoms with E-state index in [0.29, 0.717) is 18.0 Å². The van der Waals surface area contributed by atoms with Gasteiger partial charge in [-0.3, -0.25) is 4.79 Å². The first kappa shape index (κ1) is 16.4. The molecular formula is C18H23N3O3. The number of amides is 1. The Hall–Kier alpha value is -2.50. The van der Waals surface area contributed by atoms with Crippen LogP contribution in [-0.2, 0) is 31.2 Å². The quantitative estimate of drug-likeness (QED) is 0.880. The van der Waals surface area contributed by atoms with E-state index >= 15 is 0 Å². The third-order valence-corrected chi connectivity index (χ3v) is 4.34. The fourth-order valence-electron chi connectivity index (χ4n) is 3.01. The number of imidazole rings is 1. The van der Waals surface area contributed by atoms with Crippen LogP contribution in [0.2, 0.25) is 0 Å². The maximum absolute atomic E-state index is 12.0. The first-order valence-corrected chi connectivity index (χ1v) is 8.25. The zero-order valence-corrected chi connectivity index (χ0v) is 14.2. The van der Waals surface area contributed by atoms with E-state index < -0.39 is 0 Å². The average molecular weight is 329 g/mol. The lowest BCUT2D eigenvalue weighted by atomic mass is 10.0. The normalized spacial score (nSPS) is 13.2. The molecular weight excluding hydrogens is 306 g/mol. The zero-order valence-electron chi connectivity index (χ0n) is 14.2. The second-order valence-corrected chi connectivity index (χ2v) is 5.90. The molecule has 1 N–H and O–H groups in total. The summed E-state index contributed by atoms with van der Waals surface area (Å²) in [5, 5.41) is 2.87. The van der Waals surface area contributed by atoms with Crippen LogP contribution in [0, 0.1) is 0 Å². The summed E-state index contributed by atoms with van der Waals surface area (Å²) in [4.78, 5) is 16.7. The highest BCUT2D eigenvalue weighted by molar-refractivity contribution is 5.77. The standard InChI is InChI=1S/C18H23N3O3/c1-21-14-8-4-3-7-13(14)20-17(21)11-19-18(22)12-24-16-10-6-5-9-15(16)23-2/h5-6,9-10H,3-4,7-8,11-12H2,1-2H3,(H,19,22). The maximum Gasteiger partial charge on any atom is 0.258 e. The average Bonchev–Trinajstić information content (AvgIpc) is 2.94. The van der Waals surface area contributed by atoms with Crippen molar-refractivity contribution in [3.05, 3.63) is 41.5 Å². The number of aromatic nitrogens is 2. The van der Waals surface area contributed by atoms with Crippen molar-refractivity contribution in [3.63, 3.8) is 0 Å². The number of nitrogens with zero attached hydrogens (tertiary/aromatic N) is 2. The maximum atomic E-state index is 12.0. The first-order valence-electron chi connectivity index (χ1n) is 8.25. The van der Waals surface area contributed by atoms with Crippen molar-refractivity contribution in [1.29, 1.82) is 0 Å². The van der Waals surface area contributed by atoms with E-state index in [0.717, 1.165) is 18.7 Å². The second-order valence-electron chi connectivity index (χ2n) is 5.90. The molecule has 0 spiro atoms. The number of nitrogens with one attached hydrogen (secondary N) is 1. The Labute approximate surface area is 141 Å². The van der Waals surface area contributed by atoms with Crippen molar-refractivity contribution in [2.75, 3.05) is 13.7 Å². The van der Waals surface area contributed by atoms with Crippen molar-refractivity contribution in [2.45, 2.75) is 32.2 Å². The van der Waals surface area contributed by atoms with E-state index in [4.69, 9.17) is 9.47 Å². The Morgan fingerprint density at radius 1 is 1.25 bits per heavy atom. The van der Waals surface area contributed by atoms with Crippen LogP contribution in [0.3, 0.4) is 0 Å². The fourth-order valence-corrected chi connectivity index (χ4v) is 3.01. The molecule has 0 unspecified atom stereocenters. The highest BCUT2D eigenvalue weighted by Gasteiger charge is 2.18. The number of ether oxygens (including phenoxy) is 2. The number of fused-ring (bicyclic) bond motifs is 1. The molecule has 1 aromatic carbocycles. The first-order chi connectivity index (χ1) is 11.7. The highest BCUT2D eigenvalue weighted by atomic mass is 16.5. The van der Waals surface area contributed by atoms with Crippen LogP contribution in [0.1, 0.15) is 30.1 Å². The van der Waals surface area contributed by atoms with E-state index in [1.165, 1.54) is 24.2 Å². The summed E-state index contributed by atoms with van der Waals surface area (Å²) in [5.41, 5.74) is 2.48. The minimum absolute atomic E-state index is 0.0511. The number of carbonyl (C=O) groups excluding carboxylic acids is 1. The van der Waals surface area contributed by atoms with Gasteiger partial charge in [-0.25, -0.2) is 4.98 Å². The van der Waals surface area contributed by atoms with Crippen molar-refractivity contribution >= 4 is 5.91 Å². The zero-order chi connectivity index (χ0) is 16.9. The largest absolute Gasteiger partial charge is 0.493 e. The van der Waals surface area contributed by atoms with Gasteiger partial charge in [-0.1, -0.05) is 12.1 Å². The predicted molar refractivity (Wildman–Crippen MR) is 90.2 cm³/mol. The summed E-state index contributed by atoms with van der Waals surface area (Å²) in [6, 6.07) is 7.27. The van der Waals surface area contributed by atoms with Gasteiger partial charge >= 0.3 is 0 Å². The lowest BCUT2D eigenvalue weighted by molar-refractivity contribution is -0.123. The molecule has 24 heavy (non-hydrogen) atoms. The van der Waals surface area contributed by atoms with Crippen molar-refractivity contribution in [3.8, 4) is 11.5 Å². The highest BCUT2D eigenvalue weighted by Crippen LogP contribution is 2.25. The SMILES string of the molecule is COc1ccccc1OCC(=O)NCc1nc2c(n1C)CCCC2. The van der Waals surface area contributed by atoms with Crippen LogP contribution in [0.5, 0.6) is 11.5 Å². The van der Waals surface area contributed by atoms with Gasteiger partial charge in [-0.2, -0.15) is 0 Å². The number of hydrogen-bond acceptors (Lipinski definition) is 4.